The van der Waals surface area contributed by atoms with Gasteiger partial charge >= 0.3 is 0 Å². The van der Waals surface area contributed by atoms with Gasteiger partial charge in [0.1, 0.15) is 5.75 Å². The van der Waals surface area contributed by atoms with Crippen molar-refractivity contribution in [2.75, 3.05) is 33.8 Å². The number of ether oxygens (including phenoxy) is 1. The van der Waals surface area contributed by atoms with E-state index in [4.69, 9.17) is 4.74 Å². The van der Waals surface area contributed by atoms with E-state index in [-0.39, 0.29) is 29.4 Å². The van der Waals surface area contributed by atoms with Crippen molar-refractivity contribution >= 4 is 26.0 Å². The van der Waals surface area contributed by atoms with Gasteiger partial charge in [-0.15, -0.1) is 0 Å². The van der Waals surface area contributed by atoms with Gasteiger partial charge in [0.05, 0.1) is 22.9 Å². The number of sulfonamides is 2. The second kappa shape index (κ2) is 10.9. The lowest BCUT2D eigenvalue weighted by atomic mass is 10.2. The van der Waals surface area contributed by atoms with E-state index in [9.17, 15) is 21.6 Å². The molecule has 1 N–H and O–H groups in total. The fraction of sp³-hybridized carbons (Fsp3) is 0.381. The molecule has 0 spiro atoms. The highest BCUT2D eigenvalue weighted by Gasteiger charge is 2.25. The van der Waals surface area contributed by atoms with Crippen LogP contribution in [0.4, 0.5) is 0 Å². The van der Waals surface area contributed by atoms with E-state index in [0.717, 1.165) is 8.61 Å². The Balaban J connectivity index is 2.01. The zero-order chi connectivity index (χ0) is 23.9. The Morgan fingerprint density at radius 2 is 1.41 bits per heavy atom. The van der Waals surface area contributed by atoms with Crippen LogP contribution in [0.5, 0.6) is 5.75 Å². The monoisotopic (exact) mass is 483 g/mol. The Labute approximate surface area is 190 Å². The van der Waals surface area contributed by atoms with Crippen LogP contribution in [0.1, 0.15) is 19.4 Å². The third-order valence-corrected chi connectivity index (χ3v) is 8.40. The fourth-order valence-electron chi connectivity index (χ4n) is 2.80. The van der Waals surface area contributed by atoms with Crippen LogP contribution in [0, 0.1) is 0 Å². The largest absolute Gasteiger partial charge is 0.494 e. The minimum Gasteiger partial charge on any atom is -0.494 e. The van der Waals surface area contributed by atoms with E-state index < -0.39 is 26.0 Å². The smallest absolute Gasteiger partial charge is 0.243 e. The Morgan fingerprint density at radius 3 is 1.91 bits per heavy atom. The van der Waals surface area contributed by atoms with Crippen LogP contribution in [-0.2, 0) is 31.4 Å². The average molecular weight is 484 g/mol. The predicted molar refractivity (Wildman–Crippen MR) is 121 cm³/mol. The van der Waals surface area contributed by atoms with Gasteiger partial charge in [-0.25, -0.2) is 21.1 Å². The molecule has 2 aromatic carbocycles. The number of nitrogens with one attached hydrogen (secondary N) is 1. The molecule has 0 atom stereocenters. The number of rotatable bonds is 11. The van der Waals surface area contributed by atoms with E-state index >= 15 is 0 Å². The van der Waals surface area contributed by atoms with Gasteiger partial charge in [-0.3, -0.25) is 4.79 Å². The lowest BCUT2D eigenvalue weighted by Gasteiger charge is -2.20. The van der Waals surface area contributed by atoms with Crippen molar-refractivity contribution in [2.24, 2.45) is 0 Å². The van der Waals surface area contributed by atoms with Gasteiger partial charge in [-0.1, -0.05) is 19.1 Å². The molecule has 0 unspecified atom stereocenters. The molecule has 176 valence electrons. The zero-order valence-electron chi connectivity index (χ0n) is 18.6. The molecule has 0 aliphatic rings. The lowest BCUT2D eigenvalue weighted by molar-refractivity contribution is -0.121. The number of hydrogen-bond acceptors (Lipinski definition) is 6. The van der Waals surface area contributed by atoms with Crippen LogP contribution < -0.4 is 10.1 Å². The first-order valence-electron chi connectivity index (χ1n) is 10.0. The zero-order valence-corrected chi connectivity index (χ0v) is 20.2. The normalized spacial score (nSPS) is 12.2. The van der Waals surface area contributed by atoms with Crippen molar-refractivity contribution in [1.82, 2.24) is 13.9 Å². The van der Waals surface area contributed by atoms with Gasteiger partial charge < -0.3 is 10.1 Å². The van der Waals surface area contributed by atoms with Gasteiger partial charge in [-0.2, -0.15) is 4.31 Å². The summed E-state index contributed by atoms with van der Waals surface area (Å²) in [7, 11) is -4.48. The SMILES string of the molecule is CCOc1ccc(S(=O)(=O)N(CC)CC(=O)NCc2ccc(S(=O)(=O)N(C)C)cc2)cc1. The molecule has 32 heavy (non-hydrogen) atoms. The van der Waals surface area contributed by atoms with E-state index in [0.29, 0.717) is 17.9 Å². The number of likely N-dealkylation sites (N-methyl/N-ethyl adjacent to an activating group) is 1. The maximum absolute atomic E-state index is 12.9. The summed E-state index contributed by atoms with van der Waals surface area (Å²) < 4.78 is 57.5. The third-order valence-electron chi connectivity index (χ3n) is 4.64. The molecule has 0 heterocycles. The Morgan fingerprint density at radius 1 is 0.875 bits per heavy atom. The summed E-state index contributed by atoms with van der Waals surface area (Å²) in [5, 5.41) is 2.67. The van der Waals surface area contributed by atoms with Gasteiger partial charge in [0, 0.05) is 27.2 Å². The number of benzene rings is 2. The summed E-state index contributed by atoms with van der Waals surface area (Å²) in [6.07, 6.45) is 0. The van der Waals surface area contributed by atoms with E-state index in [1.807, 2.05) is 6.92 Å². The highest BCUT2D eigenvalue weighted by molar-refractivity contribution is 7.89. The van der Waals surface area contributed by atoms with Crippen molar-refractivity contribution < 1.29 is 26.4 Å². The van der Waals surface area contributed by atoms with E-state index in [1.54, 1.807) is 31.2 Å². The number of nitrogens with zero attached hydrogens (tertiary/aromatic N) is 2. The summed E-state index contributed by atoms with van der Waals surface area (Å²) >= 11 is 0. The molecule has 11 heteroatoms. The molecule has 0 aromatic heterocycles. The number of hydrogen-bond donors (Lipinski definition) is 1. The third kappa shape index (κ3) is 6.28. The molecule has 0 saturated heterocycles. The molecule has 0 bridgehead atoms. The molecular formula is C21H29N3O6S2. The maximum atomic E-state index is 12.9. The van der Waals surface area contributed by atoms with Crippen LogP contribution in [-0.4, -0.2) is 65.1 Å². The van der Waals surface area contributed by atoms with E-state index in [2.05, 4.69) is 5.32 Å². The molecular weight excluding hydrogens is 454 g/mol. The molecule has 0 aliphatic carbocycles. The Kier molecular flexibility index (Phi) is 8.79. The van der Waals surface area contributed by atoms with Crippen molar-refractivity contribution in [3.63, 3.8) is 0 Å². The first kappa shape index (κ1) is 25.8. The van der Waals surface area contributed by atoms with Crippen LogP contribution in [0.3, 0.4) is 0 Å². The first-order chi connectivity index (χ1) is 15.0. The second-order valence-corrected chi connectivity index (χ2v) is 11.1. The highest BCUT2D eigenvalue weighted by atomic mass is 32.2. The quantitative estimate of drug-likeness (QED) is 0.520. The molecule has 9 nitrogen and oxygen atoms in total. The summed E-state index contributed by atoms with van der Waals surface area (Å²) in [5.41, 5.74) is 0.688. The first-order valence-corrected chi connectivity index (χ1v) is 12.9. The summed E-state index contributed by atoms with van der Waals surface area (Å²) in [6, 6.07) is 12.2. The summed E-state index contributed by atoms with van der Waals surface area (Å²) in [4.78, 5) is 12.6. The molecule has 0 aliphatic heterocycles. The summed E-state index contributed by atoms with van der Waals surface area (Å²) in [5.74, 6) is 0.1000. The van der Waals surface area contributed by atoms with Gasteiger partial charge in [0.2, 0.25) is 26.0 Å². The molecule has 0 fully saturated rings. The Bertz CT molecular complexity index is 1110. The van der Waals surface area contributed by atoms with E-state index in [1.165, 1.54) is 38.4 Å². The predicted octanol–water partition coefficient (Wildman–Crippen LogP) is 1.66. The highest BCUT2D eigenvalue weighted by Crippen LogP contribution is 2.19. The molecule has 1 amide bonds. The van der Waals surface area contributed by atoms with Gasteiger partial charge in [0.15, 0.2) is 0 Å². The minimum absolute atomic E-state index is 0.0771. The topological polar surface area (TPSA) is 113 Å². The van der Waals surface area contributed by atoms with Crippen LogP contribution >= 0.6 is 0 Å². The standard InChI is InChI=1S/C21H29N3O6S2/c1-5-24(32(28,29)20-13-9-18(10-14-20)30-6-2)16-21(25)22-15-17-7-11-19(12-8-17)31(26,27)23(3)4/h7-14H,5-6,15-16H2,1-4H3,(H,22,25). The molecule has 0 saturated carbocycles. The second-order valence-electron chi connectivity index (χ2n) is 7.04. The minimum atomic E-state index is -3.85. The average Bonchev–Trinajstić information content (AvgIpc) is 2.76. The lowest BCUT2D eigenvalue weighted by Crippen LogP contribution is -2.40. The van der Waals surface area contributed by atoms with Crippen molar-refractivity contribution in [3.8, 4) is 5.75 Å². The van der Waals surface area contributed by atoms with Crippen molar-refractivity contribution in [1.29, 1.82) is 0 Å². The van der Waals surface area contributed by atoms with Gasteiger partial charge in [-0.05, 0) is 48.9 Å². The van der Waals surface area contributed by atoms with Crippen LogP contribution in [0.15, 0.2) is 58.3 Å². The van der Waals surface area contributed by atoms with Crippen LogP contribution in [0.2, 0.25) is 0 Å². The number of amides is 1. The summed E-state index contributed by atoms with van der Waals surface area (Å²) in [6.45, 7) is 3.90. The molecule has 2 aromatic rings. The Hall–Kier alpha value is -2.47. The molecule has 0 radical (unpaired) electrons. The van der Waals surface area contributed by atoms with Crippen molar-refractivity contribution in [3.05, 3.63) is 54.1 Å². The van der Waals surface area contributed by atoms with Gasteiger partial charge in [0.25, 0.3) is 0 Å². The van der Waals surface area contributed by atoms with Crippen LogP contribution in [0.25, 0.3) is 0 Å². The van der Waals surface area contributed by atoms with Crippen molar-refractivity contribution in [2.45, 2.75) is 30.2 Å². The maximum Gasteiger partial charge on any atom is 0.243 e. The number of carbonyl (C=O) groups is 1. The number of carbonyl (C=O) groups excluding carboxylic acids is 1. The molecule has 2 rings (SSSR count). The fourth-order valence-corrected chi connectivity index (χ4v) is 5.10.